The van der Waals surface area contributed by atoms with E-state index in [9.17, 15) is 9.59 Å². The van der Waals surface area contributed by atoms with E-state index in [0.29, 0.717) is 18.5 Å². The second kappa shape index (κ2) is 5.94. The summed E-state index contributed by atoms with van der Waals surface area (Å²) in [5.41, 5.74) is 1.68. The molecule has 0 bridgehead atoms. The van der Waals surface area contributed by atoms with Gasteiger partial charge in [-0.15, -0.1) is 0 Å². The fraction of sp³-hybridized carbons (Fsp3) is 0.467. The van der Waals surface area contributed by atoms with Crippen LogP contribution >= 0.6 is 0 Å². The molecule has 0 saturated carbocycles. The van der Waals surface area contributed by atoms with Gasteiger partial charge in [0.25, 0.3) is 0 Å². The number of carbonyl (C=O) groups excluding carboxylic acids is 2. The van der Waals surface area contributed by atoms with E-state index in [1.165, 1.54) is 0 Å². The van der Waals surface area contributed by atoms with E-state index in [-0.39, 0.29) is 17.9 Å². The Morgan fingerprint density at radius 3 is 2.75 bits per heavy atom. The summed E-state index contributed by atoms with van der Waals surface area (Å²) in [6, 6.07) is 5.10. The van der Waals surface area contributed by atoms with Crippen molar-refractivity contribution in [1.82, 2.24) is 5.32 Å². The highest BCUT2D eigenvalue weighted by Crippen LogP contribution is 2.23. The first-order chi connectivity index (χ1) is 9.45. The van der Waals surface area contributed by atoms with Gasteiger partial charge in [-0.25, -0.2) is 0 Å². The van der Waals surface area contributed by atoms with Crippen LogP contribution in [0.2, 0.25) is 0 Å². The zero-order valence-electron chi connectivity index (χ0n) is 12.0. The highest BCUT2D eigenvalue weighted by atomic mass is 16.5. The van der Waals surface area contributed by atoms with Crippen LogP contribution in [0.1, 0.15) is 32.3 Å². The molecule has 0 spiro atoms. The summed E-state index contributed by atoms with van der Waals surface area (Å²) in [5.74, 6) is 0.571. The van der Waals surface area contributed by atoms with Crippen molar-refractivity contribution in [2.75, 3.05) is 5.32 Å². The Kier molecular flexibility index (Phi) is 4.27. The molecule has 1 atom stereocenters. The number of hydrogen-bond donors (Lipinski definition) is 2. The summed E-state index contributed by atoms with van der Waals surface area (Å²) in [6.07, 6.45) is 1.08. The van der Waals surface area contributed by atoms with E-state index in [4.69, 9.17) is 4.74 Å². The number of carbonyl (C=O) groups is 2. The average molecular weight is 276 g/mol. The fourth-order valence-electron chi connectivity index (χ4n) is 2.15. The maximum atomic E-state index is 12.0. The first-order valence-electron chi connectivity index (χ1n) is 6.83. The summed E-state index contributed by atoms with van der Waals surface area (Å²) in [6.45, 7) is 5.88. The molecule has 20 heavy (non-hydrogen) atoms. The number of aryl methyl sites for hydroxylation is 1. The van der Waals surface area contributed by atoms with Gasteiger partial charge in [0.15, 0.2) is 0 Å². The number of amides is 2. The predicted octanol–water partition coefficient (Wildman–Crippen LogP) is 2.00. The molecule has 0 unspecified atom stereocenters. The quantitative estimate of drug-likeness (QED) is 0.884. The van der Waals surface area contributed by atoms with Crippen LogP contribution < -0.4 is 15.4 Å². The van der Waals surface area contributed by atoms with E-state index in [1.54, 1.807) is 6.07 Å². The molecule has 2 N–H and O–H groups in total. The second-order valence-electron chi connectivity index (χ2n) is 5.29. The first-order valence-corrected chi connectivity index (χ1v) is 6.83. The molecule has 0 radical (unpaired) electrons. The molecule has 2 amide bonds. The lowest BCUT2D eigenvalue weighted by molar-refractivity contribution is -0.122. The zero-order chi connectivity index (χ0) is 14.7. The maximum absolute atomic E-state index is 12.0. The molecule has 1 aromatic rings. The van der Waals surface area contributed by atoms with Crippen molar-refractivity contribution >= 4 is 17.5 Å². The molecule has 1 saturated heterocycles. The van der Waals surface area contributed by atoms with Crippen LogP contribution in [-0.4, -0.2) is 24.0 Å². The lowest BCUT2D eigenvalue weighted by atomic mass is 10.1. The molecule has 2 rings (SSSR count). The molecule has 1 fully saturated rings. The van der Waals surface area contributed by atoms with E-state index >= 15 is 0 Å². The Morgan fingerprint density at radius 2 is 2.20 bits per heavy atom. The SMILES string of the molecule is Cc1cc(NC(=O)[C@@H]2CCC(=O)N2)ccc1OC(C)C. The van der Waals surface area contributed by atoms with Crippen LogP contribution in [0.15, 0.2) is 18.2 Å². The fourth-order valence-corrected chi connectivity index (χ4v) is 2.15. The van der Waals surface area contributed by atoms with Crippen LogP contribution in [0.3, 0.4) is 0 Å². The van der Waals surface area contributed by atoms with Gasteiger partial charge in [0, 0.05) is 12.1 Å². The Bertz CT molecular complexity index is 526. The third-order valence-corrected chi connectivity index (χ3v) is 3.12. The first kappa shape index (κ1) is 14.4. The van der Waals surface area contributed by atoms with Crippen LogP contribution in [0, 0.1) is 6.92 Å². The Morgan fingerprint density at radius 1 is 1.45 bits per heavy atom. The summed E-state index contributed by atoms with van der Waals surface area (Å²) < 4.78 is 5.65. The lowest BCUT2D eigenvalue weighted by Gasteiger charge is -2.15. The van der Waals surface area contributed by atoms with Crippen molar-refractivity contribution in [2.45, 2.75) is 45.8 Å². The standard InChI is InChI=1S/C15H20N2O3/c1-9(2)20-13-6-4-11(8-10(13)3)16-15(19)12-5-7-14(18)17-12/h4,6,8-9,12H,5,7H2,1-3H3,(H,16,19)(H,17,18)/t12-/m0/s1. The summed E-state index contributed by atoms with van der Waals surface area (Å²) in [7, 11) is 0. The minimum absolute atomic E-state index is 0.0676. The van der Waals surface area contributed by atoms with Crippen LogP contribution in [0.4, 0.5) is 5.69 Å². The van der Waals surface area contributed by atoms with Crippen molar-refractivity contribution in [3.8, 4) is 5.75 Å². The monoisotopic (exact) mass is 276 g/mol. The minimum atomic E-state index is -0.422. The number of anilines is 1. The lowest BCUT2D eigenvalue weighted by Crippen LogP contribution is -2.37. The van der Waals surface area contributed by atoms with Gasteiger partial charge in [-0.05, 0) is 51.0 Å². The van der Waals surface area contributed by atoms with Gasteiger partial charge in [0.1, 0.15) is 11.8 Å². The van der Waals surface area contributed by atoms with Crippen molar-refractivity contribution in [2.24, 2.45) is 0 Å². The minimum Gasteiger partial charge on any atom is -0.491 e. The molecule has 1 aliphatic rings. The molecule has 108 valence electrons. The summed E-state index contributed by atoms with van der Waals surface area (Å²) >= 11 is 0. The van der Waals surface area contributed by atoms with Gasteiger partial charge < -0.3 is 15.4 Å². The Labute approximate surface area is 118 Å². The number of nitrogens with one attached hydrogen (secondary N) is 2. The van der Waals surface area contributed by atoms with Gasteiger partial charge in [0.05, 0.1) is 6.10 Å². The van der Waals surface area contributed by atoms with E-state index < -0.39 is 6.04 Å². The van der Waals surface area contributed by atoms with Crippen molar-refractivity contribution < 1.29 is 14.3 Å². The molecule has 1 aliphatic heterocycles. The van der Waals surface area contributed by atoms with Gasteiger partial charge in [-0.3, -0.25) is 9.59 Å². The van der Waals surface area contributed by atoms with Crippen LogP contribution in [-0.2, 0) is 9.59 Å². The van der Waals surface area contributed by atoms with Gasteiger partial charge in [-0.2, -0.15) is 0 Å². The normalized spacial score (nSPS) is 18.0. The summed E-state index contributed by atoms with van der Waals surface area (Å²) in [5, 5.41) is 5.47. The average Bonchev–Trinajstić information content (AvgIpc) is 2.79. The third-order valence-electron chi connectivity index (χ3n) is 3.12. The van der Waals surface area contributed by atoms with Crippen molar-refractivity contribution in [1.29, 1.82) is 0 Å². The Hall–Kier alpha value is -2.04. The van der Waals surface area contributed by atoms with Gasteiger partial charge >= 0.3 is 0 Å². The number of hydrogen-bond acceptors (Lipinski definition) is 3. The predicted molar refractivity (Wildman–Crippen MR) is 76.7 cm³/mol. The topological polar surface area (TPSA) is 67.4 Å². The van der Waals surface area contributed by atoms with Gasteiger partial charge in [0.2, 0.25) is 11.8 Å². The zero-order valence-corrected chi connectivity index (χ0v) is 12.0. The molecular formula is C15H20N2O3. The molecule has 0 aliphatic carbocycles. The van der Waals surface area contributed by atoms with Crippen LogP contribution in [0.25, 0.3) is 0 Å². The molecule has 1 aromatic carbocycles. The molecular weight excluding hydrogens is 256 g/mol. The van der Waals surface area contributed by atoms with Gasteiger partial charge in [-0.1, -0.05) is 0 Å². The molecule has 0 aromatic heterocycles. The highest BCUT2D eigenvalue weighted by molar-refractivity contribution is 5.99. The smallest absolute Gasteiger partial charge is 0.246 e. The molecule has 5 heteroatoms. The largest absolute Gasteiger partial charge is 0.491 e. The summed E-state index contributed by atoms with van der Waals surface area (Å²) in [4.78, 5) is 23.1. The third kappa shape index (κ3) is 3.50. The van der Waals surface area contributed by atoms with Crippen LogP contribution in [0.5, 0.6) is 5.75 Å². The van der Waals surface area contributed by atoms with Crippen molar-refractivity contribution in [3.05, 3.63) is 23.8 Å². The molecule has 5 nitrogen and oxygen atoms in total. The second-order valence-corrected chi connectivity index (χ2v) is 5.29. The number of benzene rings is 1. The van der Waals surface area contributed by atoms with E-state index in [1.807, 2.05) is 32.9 Å². The molecule has 1 heterocycles. The number of rotatable bonds is 4. The maximum Gasteiger partial charge on any atom is 0.246 e. The highest BCUT2D eigenvalue weighted by Gasteiger charge is 2.27. The van der Waals surface area contributed by atoms with Crippen molar-refractivity contribution in [3.63, 3.8) is 0 Å². The van der Waals surface area contributed by atoms with E-state index in [0.717, 1.165) is 11.3 Å². The Balaban J connectivity index is 2.01. The number of ether oxygens (including phenoxy) is 1. The van der Waals surface area contributed by atoms with E-state index in [2.05, 4.69) is 10.6 Å².